The molecule has 0 unspecified atom stereocenters. The van der Waals surface area contributed by atoms with Gasteiger partial charge in [0.1, 0.15) is 12.0 Å². The quantitative estimate of drug-likeness (QED) is 0.529. The van der Waals surface area contributed by atoms with E-state index in [-0.39, 0.29) is 29.1 Å². The summed E-state index contributed by atoms with van der Waals surface area (Å²) in [4.78, 5) is 8.65. The fourth-order valence-electron chi connectivity index (χ4n) is 3.40. The van der Waals surface area contributed by atoms with Crippen LogP contribution in [-0.2, 0) is 10.0 Å². The average Bonchev–Trinajstić information content (AvgIpc) is 3.36. The molecule has 1 fully saturated rings. The van der Waals surface area contributed by atoms with Crippen LogP contribution >= 0.6 is 0 Å². The fourth-order valence-corrected chi connectivity index (χ4v) is 4.27. The Kier molecular flexibility index (Phi) is 5.94. The predicted molar refractivity (Wildman–Crippen MR) is 108 cm³/mol. The molecule has 3 aromatic heterocycles. The van der Waals surface area contributed by atoms with E-state index in [9.17, 15) is 21.6 Å². The Bertz CT molecular complexity index is 1170. The molecule has 1 aliphatic heterocycles. The van der Waals surface area contributed by atoms with Gasteiger partial charge in [0.15, 0.2) is 5.75 Å². The Hall–Kier alpha value is -2.94. The van der Waals surface area contributed by atoms with Crippen molar-refractivity contribution in [3.63, 3.8) is 0 Å². The van der Waals surface area contributed by atoms with Crippen molar-refractivity contribution in [2.24, 2.45) is 0 Å². The zero-order valence-corrected chi connectivity index (χ0v) is 17.8. The smallest absolute Gasteiger partial charge is 0.392 e. The van der Waals surface area contributed by atoms with Gasteiger partial charge in [0.05, 0.1) is 25.5 Å². The van der Waals surface area contributed by atoms with Crippen LogP contribution in [0.4, 0.5) is 19.1 Å². The van der Waals surface area contributed by atoms with Gasteiger partial charge in [-0.3, -0.25) is 5.10 Å². The lowest BCUT2D eigenvalue weighted by Gasteiger charge is -2.30. The number of piperidine rings is 1. The summed E-state index contributed by atoms with van der Waals surface area (Å²) in [6.07, 6.45) is 1.22. The third-order valence-corrected chi connectivity index (χ3v) is 6.31. The molecular weight excluding hydrogens is 453 g/mol. The summed E-state index contributed by atoms with van der Waals surface area (Å²) in [6.45, 7) is 0.152. The Morgan fingerprint density at radius 1 is 1.31 bits per heavy atom. The van der Waals surface area contributed by atoms with Crippen molar-refractivity contribution >= 4 is 21.6 Å². The topological polar surface area (TPSA) is 130 Å². The minimum atomic E-state index is -4.37. The normalized spacial score (nSPS) is 16.5. The molecule has 4 rings (SSSR count). The number of aromatic nitrogens is 6. The number of hydrogen-bond acceptors (Lipinski definition) is 8. The Morgan fingerprint density at radius 3 is 2.69 bits per heavy atom. The lowest BCUT2D eigenvalue weighted by molar-refractivity contribution is -0.139. The highest BCUT2D eigenvalue weighted by molar-refractivity contribution is 7.88. The summed E-state index contributed by atoms with van der Waals surface area (Å²) in [5, 5.41) is 13.9. The lowest BCUT2D eigenvalue weighted by Crippen LogP contribution is -2.41. The molecule has 174 valence electrons. The van der Waals surface area contributed by atoms with Crippen LogP contribution in [0.2, 0.25) is 0 Å². The summed E-state index contributed by atoms with van der Waals surface area (Å²) < 4.78 is 69.4. The highest BCUT2D eigenvalue weighted by Crippen LogP contribution is 2.32. The third-order valence-electron chi connectivity index (χ3n) is 5.01. The number of fused-ring (bicyclic) bond motifs is 1. The maximum atomic E-state index is 12.6. The van der Waals surface area contributed by atoms with Crippen molar-refractivity contribution in [2.45, 2.75) is 31.5 Å². The van der Waals surface area contributed by atoms with Gasteiger partial charge in [0, 0.05) is 30.9 Å². The third kappa shape index (κ3) is 5.09. The summed E-state index contributed by atoms with van der Waals surface area (Å²) in [6, 6.07) is -0.0543. The average molecular weight is 474 g/mol. The van der Waals surface area contributed by atoms with Crippen molar-refractivity contribution in [1.82, 2.24) is 34.1 Å². The van der Waals surface area contributed by atoms with Crippen LogP contribution in [0.1, 0.15) is 19.3 Å². The summed E-state index contributed by atoms with van der Waals surface area (Å²) in [5.74, 6) is 0.306. The zero-order valence-electron chi connectivity index (χ0n) is 17.0. The van der Waals surface area contributed by atoms with Crippen LogP contribution in [0.3, 0.4) is 0 Å². The van der Waals surface area contributed by atoms with Crippen molar-refractivity contribution in [1.29, 1.82) is 0 Å². The number of hydrogen-bond donors (Lipinski definition) is 2. The van der Waals surface area contributed by atoms with Crippen molar-refractivity contribution in [3.8, 4) is 17.0 Å². The van der Waals surface area contributed by atoms with Gasteiger partial charge in [0.25, 0.3) is 0 Å². The zero-order chi connectivity index (χ0) is 22.9. The number of anilines is 1. The Morgan fingerprint density at radius 2 is 2.06 bits per heavy atom. The van der Waals surface area contributed by atoms with Gasteiger partial charge in [-0.1, -0.05) is 0 Å². The molecule has 1 saturated heterocycles. The molecule has 0 saturated carbocycles. The van der Waals surface area contributed by atoms with E-state index in [1.807, 2.05) is 0 Å². The van der Waals surface area contributed by atoms with E-state index in [4.69, 9.17) is 4.74 Å². The molecule has 0 amide bonds. The molecule has 0 atom stereocenters. The maximum absolute atomic E-state index is 12.6. The first kappa shape index (κ1) is 22.3. The largest absolute Gasteiger partial charge is 0.487 e. The van der Waals surface area contributed by atoms with Crippen molar-refractivity contribution < 1.29 is 26.3 Å². The Balaban J connectivity index is 1.57. The second-order valence-electron chi connectivity index (χ2n) is 7.41. The van der Waals surface area contributed by atoms with E-state index in [0.29, 0.717) is 31.5 Å². The summed E-state index contributed by atoms with van der Waals surface area (Å²) in [7, 11) is -3.24. The molecule has 0 bridgehead atoms. The molecule has 0 spiro atoms. The van der Waals surface area contributed by atoms with Crippen LogP contribution in [0.15, 0.2) is 18.7 Å². The minimum absolute atomic E-state index is 0.0543. The van der Waals surface area contributed by atoms with E-state index in [0.717, 1.165) is 0 Å². The fraction of sp³-hybridized carbons (Fsp3) is 0.529. The van der Waals surface area contributed by atoms with Gasteiger partial charge >= 0.3 is 6.18 Å². The standard InChI is InChI=1S/C17H21F3N8O3S/c1-32(29,30)27-5-2-12(3-6-27)24-16-25-15-14(31-7-4-17(18,19)20)13(11-8-22-23-9-11)21-10-28(15)26-16/h8-10,12H,2-7H2,1H3,(H,22,23)(H,24,26). The number of nitrogens with one attached hydrogen (secondary N) is 2. The first-order valence-electron chi connectivity index (χ1n) is 9.76. The van der Waals surface area contributed by atoms with Crippen LogP contribution in [-0.4, -0.2) is 80.7 Å². The van der Waals surface area contributed by atoms with Crippen molar-refractivity contribution in [2.75, 3.05) is 31.3 Å². The number of ether oxygens (including phenoxy) is 1. The molecule has 3 aromatic rings. The first-order chi connectivity index (χ1) is 15.1. The van der Waals surface area contributed by atoms with Gasteiger partial charge in [-0.05, 0) is 12.8 Å². The van der Waals surface area contributed by atoms with E-state index in [1.165, 1.54) is 27.6 Å². The second-order valence-corrected chi connectivity index (χ2v) is 9.39. The number of alkyl halides is 3. The molecule has 2 N–H and O–H groups in total. The molecule has 0 aliphatic carbocycles. The molecular formula is C17H21F3N8O3S. The number of rotatable bonds is 7. The summed E-state index contributed by atoms with van der Waals surface area (Å²) >= 11 is 0. The number of H-pyrrole nitrogens is 1. The monoisotopic (exact) mass is 474 g/mol. The van der Waals surface area contributed by atoms with Crippen molar-refractivity contribution in [3.05, 3.63) is 18.7 Å². The number of nitrogens with zero attached hydrogens (tertiary/aromatic N) is 6. The Labute approximate surface area is 181 Å². The molecule has 15 heteroatoms. The van der Waals surface area contributed by atoms with E-state index < -0.39 is 29.2 Å². The number of aromatic amines is 1. The van der Waals surface area contributed by atoms with E-state index in [2.05, 4.69) is 30.6 Å². The molecule has 11 nitrogen and oxygen atoms in total. The molecule has 32 heavy (non-hydrogen) atoms. The molecule has 0 aromatic carbocycles. The molecule has 1 aliphatic rings. The molecule has 0 radical (unpaired) electrons. The van der Waals surface area contributed by atoms with Gasteiger partial charge < -0.3 is 10.1 Å². The number of sulfonamides is 1. The van der Waals surface area contributed by atoms with Crippen LogP contribution in [0, 0.1) is 0 Å². The van der Waals surface area contributed by atoms with Crippen LogP contribution in [0.5, 0.6) is 5.75 Å². The maximum Gasteiger partial charge on any atom is 0.392 e. The van der Waals surface area contributed by atoms with E-state index >= 15 is 0 Å². The van der Waals surface area contributed by atoms with Gasteiger partial charge in [0.2, 0.25) is 21.6 Å². The van der Waals surface area contributed by atoms with Gasteiger partial charge in [-0.15, -0.1) is 5.10 Å². The van der Waals surface area contributed by atoms with Crippen LogP contribution < -0.4 is 10.1 Å². The number of halogens is 3. The lowest BCUT2D eigenvalue weighted by atomic mass is 10.1. The highest BCUT2D eigenvalue weighted by atomic mass is 32.2. The van der Waals surface area contributed by atoms with Crippen LogP contribution in [0.25, 0.3) is 16.9 Å². The van der Waals surface area contributed by atoms with E-state index in [1.54, 1.807) is 6.20 Å². The SMILES string of the molecule is CS(=O)(=O)N1CCC(Nc2nc3c(OCCC(F)(F)F)c(-c4cn[nH]c4)ncn3n2)CC1. The molecule has 4 heterocycles. The predicted octanol–water partition coefficient (Wildman–Crippen LogP) is 1.68. The van der Waals surface area contributed by atoms with Gasteiger partial charge in [-0.2, -0.15) is 27.8 Å². The second kappa shape index (κ2) is 8.54. The summed E-state index contributed by atoms with van der Waals surface area (Å²) in [5.41, 5.74) is 1.02. The first-order valence-corrected chi connectivity index (χ1v) is 11.6. The highest BCUT2D eigenvalue weighted by Gasteiger charge is 2.28. The van der Waals surface area contributed by atoms with Gasteiger partial charge in [-0.25, -0.2) is 17.7 Å². The minimum Gasteiger partial charge on any atom is -0.487 e.